The number of hydrogen-bond donors (Lipinski definition) is 1. The second kappa shape index (κ2) is 6.36. The Kier molecular flexibility index (Phi) is 3.91. The van der Waals surface area contributed by atoms with Crippen LogP contribution in [0.15, 0.2) is 22.7 Å². The fraction of sp³-hybridized carbons (Fsp3) is 0.400. The van der Waals surface area contributed by atoms with Crippen LogP contribution < -0.4 is 14.8 Å². The van der Waals surface area contributed by atoms with Gasteiger partial charge in [0.05, 0.1) is 19.8 Å². The van der Waals surface area contributed by atoms with Crippen molar-refractivity contribution in [3.05, 3.63) is 24.0 Å². The van der Waals surface area contributed by atoms with Crippen LogP contribution in [0.3, 0.4) is 0 Å². The normalized spacial score (nSPS) is 16.2. The Hall–Kier alpha value is -2.81. The minimum Gasteiger partial charge on any atom is -0.454 e. The molecule has 9 heteroatoms. The van der Waals surface area contributed by atoms with E-state index in [1.54, 1.807) is 17.0 Å². The lowest BCUT2D eigenvalue weighted by molar-refractivity contribution is 0.0531. The highest BCUT2D eigenvalue weighted by Gasteiger charge is 2.19. The van der Waals surface area contributed by atoms with Crippen molar-refractivity contribution in [2.45, 2.75) is 6.54 Å². The van der Waals surface area contributed by atoms with E-state index in [2.05, 4.69) is 15.5 Å². The van der Waals surface area contributed by atoms with E-state index in [-0.39, 0.29) is 19.4 Å². The van der Waals surface area contributed by atoms with Crippen LogP contribution in [-0.2, 0) is 11.3 Å². The monoisotopic (exact) mass is 332 g/mol. The van der Waals surface area contributed by atoms with Crippen molar-refractivity contribution >= 4 is 6.03 Å². The molecule has 0 atom stereocenters. The van der Waals surface area contributed by atoms with Gasteiger partial charge in [0.25, 0.3) is 5.89 Å². The van der Waals surface area contributed by atoms with Gasteiger partial charge in [0.15, 0.2) is 17.3 Å². The van der Waals surface area contributed by atoms with Crippen molar-refractivity contribution in [1.29, 1.82) is 0 Å². The lowest BCUT2D eigenvalue weighted by atomic mass is 10.2. The number of amides is 2. The first-order valence-corrected chi connectivity index (χ1v) is 7.63. The van der Waals surface area contributed by atoms with Crippen LogP contribution >= 0.6 is 0 Å². The average Bonchev–Trinajstić information content (AvgIpc) is 3.29. The Morgan fingerprint density at radius 2 is 2.04 bits per heavy atom. The number of benzene rings is 1. The van der Waals surface area contributed by atoms with E-state index in [9.17, 15) is 4.79 Å². The summed E-state index contributed by atoms with van der Waals surface area (Å²) in [5.41, 5.74) is 0.734. The summed E-state index contributed by atoms with van der Waals surface area (Å²) < 4.78 is 21.1. The molecule has 2 aliphatic heterocycles. The number of carbonyl (C=O) groups excluding carboxylic acids is 1. The molecule has 4 rings (SSSR count). The van der Waals surface area contributed by atoms with E-state index in [1.807, 2.05) is 6.07 Å². The van der Waals surface area contributed by atoms with E-state index < -0.39 is 0 Å². The van der Waals surface area contributed by atoms with Gasteiger partial charge >= 0.3 is 6.03 Å². The summed E-state index contributed by atoms with van der Waals surface area (Å²) in [5, 5.41) is 6.66. The third-order valence-corrected chi connectivity index (χ3v) is 3.78. The van der Waals surface area contributed by atoms with Crippen LogP contribution in [0.5, 0.6) is 11.5 Å². The molecule has 0 saturated carbocycles. The molecule has 0 unspecified atom stereocenters. The van der Waals surface area contributed by atoms with Gasteiger partial charge in [0.1, 0.15) is 0 Å². The topological polar surface area (TPSA) is 99.0 Å². The lowest BCUT2D eigenvalue weighted by Gasteiger charge is -2.26. The van der Waals surface area contributed by atoms with Crippen molar-refractivity contribution in [3.63, 3.8) is 0 Å². The fourth-order valence-electron chi connectivity index (χ4n) is 2.51. The highest BCUT2D eigenvalue weighted by atomic mass is 16.7. The lowest BCUT2D eigenvalue weighted by Crippen LogP contribution is -2.46. The molecule has 0 spiro atoms. The van der Waals surface area contributed by atoms with Crippen LogP contribution in [0, 0.1) is 0 Å². The van der Waals surface area contributed by atoms with Gasteiger partial charge in [0, 0.05) is 18.7 Å². The SMILES string of the molecule is O=C(NCc1noc(-c2ccc3c(c2)OCO3)n1)N1CCOCC1. The first kappa shape index (κ1) is 14.8. The van der Waals surface area contributed by atoms with Crippen molar-refractivity contribution in [2.24, 2.45) is 0 Å². The van der Waals surface area contributed by atoms with Crippen LogP contribution in [0.1, 0.15) is 5.82 Å². The molecule has 0 radical (unpaired) electrons. The number of carbonyl (C=O) groups is 1. The zero-order valence-electron chi connectivity index (χ0n) is 12.9. The van der Waals surface area contributed by atoms with Gasteiger partial charge < -0.3 is 29.0 Å². The van der Waals surface area contributed by atoms with Gasteiger partial charge in [-0.15, -0.1) is 0 Å². The molecule has 2 aliphatic rings. The van der Waals surface area contributed by atoms with Crippen molar-refractivity contribution in [2.75, 3.05) is 33.1 Å². The van der Waals surface area contributed by atoms with E-state index in [1.165, 1.54) is 0 Å². The summed E-state index contributed by atoms with van der Waals surface area (Å²) >= 11 is 0. The molecular weight excluding hydrogens is 316 g/mol. The average molecular weight is 332 g/mol. The van der Waals surface area contributed by atoms with E-state index in [0.717, 1.165) is 5.56 Å². The molecule has 3 heterocycles. The van der Waals surface area contributed by atoms with Gasteiger partial charge in [-0.05, 0) is 18.2 Å². The summed E-state index contributed by atoms with van der Waals surface area (Å²) in [4.78, 5) is 18.0. The third-order valence-electron chi connectivity index (χ3n) is 3.78. The predicted molar refractivity (Wildman–Crippen MR) is 80.5 cm³/mol. The van der Waals surface area contributed by atoms with Gasteiger partial charge in [-0.2, -0.15) is 4.98 Å². The molecule has 24 heavy (non-hydrogen) atoms. The molecule has 1 aromatic carbocycles. The van der Waals surface area contributed by atoms with Crippen molar-refractivity contribution < 1.29 is 23.5 Å². The zero-order chi connectivity index (χ0) is 16.4. The maximum atomic E-state index is 12.0. The molecule has 126 valence electrons. The minimum absolute atomic E-state index is 0.160. The molecule has 1 aromatic heterocycles. The fourth-order valence-corrected chi connectivity index (χ4v) is 2.51. The predicted octanol–water partition coefficient (Wildman–Crippen LogP) is 1.01. The Morgan fingerprint density at radius 3 is 2.92 bits per heavy atom. The smallest absolute Gasteiger partial charge is 0.317 e. The number of nitrogens with zero attached hydrogens (tertiary/aromatic N) is 3. The van der Waals surface area contributed by atoms with E-state index in [0.29, 0.717) is 49.5 Å². The Balaban J connectivity index is 1.39. The van der Waals surface area contributed by atoms with Gasteiger partial charge in [-0.25, -0.2) is 4.79 Å². The Morgan fingerprint density at radius 1 is 1.21 bits per heavy atom. The number of fused-ring (bicyclic) bond motifs is 1. The summed E-state index contributed by atoms with van der Waals surface area (Å²) in [6, 6.07) is 5.23. The van der Waals surface area contributed by atoms with Crippen LogP contribution in [0.2, 0.25) is 0 Å². The number of ether oxygens (including phenoxy) is 3. The van der Waals surface area contributed by atoms with Gasteiger partial charge in [-0.3, -0.25) is 0 Å². The molecule has 0 bridgehead atoms. The molecule has 0 aliphatic carbocycles. The van der Waals surface area contributed by atoms with E-state index in [4.69, 9.17) is 18.7 Å². The van der Waals surface area contributed by atoms with Crippen LogP contribution in [0.4, 0.5) is 4.79 Å². The maximum absolute atomic E-state index is 12.0. The molecule has 9 nitrogen and oxygen atoms in total. The summed E-state index contributed by atoms with van der Waals surface area (Å²) in [7, 11) is 0. The molecule has 1 saturated heterocycles. The summed E-state index contributed by atoms with van der Waals surface area (Å²) in [6.45, 7) is 2.69. The van der Waals surface area contributed by atoms with Crippen LogP contribution in [0.25, 0.3) is 11.5 Å². The van der Waals surface area contributed by atoms with Crippen LogP contribution in [-0.4, -0.2) is 54.2 Å². The molecule has 2 amide bonds. The van der Waals surface area contributed by atoms with Gasteiger partial charge in [-0.1, -0.05) is 5.16 Å². The largest absolute Gasteiger partial charge is 0.454 e. The molecule has 2 aromatic rings. The number of morpholine rings is 1. The van der Waals surface area contributed by atoms with Gasteiger partial charge in [0.2, 0.25) is 6.79 Å². The molecule has 1 fully saturated rings. The van der Waals surface area contributed by atoms with Crippen molar-refractivity contribution in [1.82, 2.24) is 20.4 Å². The highest BCUT2D eigenvalue weighted by molar-refractivity contribution is 5.74. The Labute approximate surface area is 137 Å². The van der Waals surface area contributed by atoms with Crippen molar-refractivity contribution in [3.8, 4) is 23.0 Å². The summed E-state index contributed by atoms with van der Waals surface area (Å²) in [6.07, 6.45) is 0. The second-order valence-electron chi connectivity index (χ2n) is 5.34. The number of aromatic nitrogens is 2. The highest BCUT2D eigenvalue weighted by Crippen LogP contribution is 2.35. The third kappa shape index (κ3) is 2.98. The number of urea groups is 1. The quantitative estimate of drug-likeness (QED) is 0.895. The number of nitrogens with one attached hydrogen (secondary N) is 1. The second-order valence-corrected chi connectivity index (χ2v) is 5.34. The zero-order valence-corrected chi connectivity index (χ0v) is 12.9. The molecule has 1 N–H and O–H groups in total. The first-order chi connectivity index (χ1) is 11.8. The standard InChI is InChI=1S/C15H16N4O5/c20-15(19-3-5-21-6-4-19)16-8-13-17-14(24-18-13)10-1-2-11-12(7-10)23-9-22-11/h1-2,7H,3-6,8-9H2,(H,16,20). The molecular formula is C15H16N4O5. The first-order valence-electron chi connectivity index (χ1n) is 7.63. The van der Waals surface area contributed by atoms with E-state index >= 15 is 0 Å². The maximum Gasteiger partial charge on any atom is 0.317 e. The minimum atomic E-state index is -0.160. The number of rotatable bonds is 3. The summed E-state index contributed by atoms with van der Waals surface area (Å²) in [5.74, 6) is 2.11. The Bertz CT molecular complexity index is 741. The number of hydrogen-bond acceptors (Lipinski definition) is 7.